The zero-order chi connectivity index (χ0) is 30.0. The minimum absolute atomic E-state index is 0.330. The van der Waals surface area contributed by atoms with Gasteiger partial charge in [0.25, 0.3) is 5.97 Å². The molecule has 0 saturated heterocycles. The Hall–Kier alpha value is 1.76. The van der Waals surface area contributed by atoms with E-state index < -0.39 is 20.6 Å². The van der Waals surface area contributed by atoms with E-state index in [1.54, 1.807) is 0 Å². The Morgan fingerprint density at radius 1 is 0.475 bits per heavy atom. The van der Waals surface area contributed by atoms with Crippen molar-refractivity contribution >= 4 is 78.4 Å². The Morgan fingerprint density at radius 3 is 1.18 bits per heavy atom. The number of unbranched alkanes of at least 4 members (excludes halogenated alkanes) is 8. The molecule has 0 fully saturated rings. The summed E-state index contributed by atoms with van der Waals surface area (Å²) in [7, 11) is -1.09. The Balaban J connectivity index is 4.52. The van der Waals surface area contributed by atoms with Crippen LogP contribution >= 0.6 is 69.6 Å². The number of alkyl halides is 6. The van der Waals surface area contributed by atoms with E-state index in [-0.39, 0.29) is 0 Å². The number of halogens is 6. The van der Waals surface area contributed by atoms with Gasteiger partial charge in [-0.3, -0.25) is 0 Å². The fourth-order valence-corrected chi connectivity index (χ4v) is 8.10. The molecule has 40 heavy (non-hydrogen) atoms. The third-order valence-corrected chi connectivity index (χ3v) is 10.3. The van der Waals surface area contributed by atoms with E-state index in [1.165, 1.54) is 25.7 Å². The first-order chi connectivity index (χ1) is 19.4. The summed E-state index contributed by atoms with van der Waals surface area (Å²) < 4.78 is 30.2. The van der Waals surface area contributed by atoms with E-state index in [1.807, 2.05) is 0 Å². The van der Waals surface area contributed by atoms with Gasteiger partial charge in [0.1, 0.15) is 0 Å². The van der Waals surface area contributed by atoms with Crippen molar-refractivity contribution in [1.82, 2.24) is 0 Å². The average molecular weight is 712 g/mol. The lowest BCUT2D eigenvalue weighted by Crippen LogP contribution is -2.46. The summed E-state index contributed by atoms with van der Waals surface area (Å²) in [6.07, 6.45) is 12.6. The zero-order valence-corrected chi connectivity index (χ0v) is 30.4. The molecule has 12 heteroatoms. The molecule has 0 radical (unpaired) electrons. The number of ether oxygens (including phenoxy) is 5. The molecule has 0 saturated carbocycles. The van der Waals surface area contributed by atoms with E-state index in [4.69, 9.17) is 93.3 Å². The molecule has 0 aliphatic heterocycles. The molecular weight excluding hydrogens is 657 g/mol. The van der Waals surface area contributed by atoms with Gasteiger partial charge in [0.05, 0.1) is 33.0 Å². The van der Waals surface area contributed by atoms with E-state index in [9.17, 15) is 0 Å². The van der Waals surface area contributed by atoms with Crippen LogP contribution in [0.25, 0.3) is 0 Å². The predicted octanol–water partition coefficient (Wildman–Crippen LogP) is 9.39. The molecule has 0 N–H and O–H groups in total. The minimum atomic E-state index is -1.12. The number of hydrogen-bond donors (Lipinski definition) is 0. The highest BCUT2D eigenvalue weighted by molar-refractivity contribution is 6.57. The van der Waals surface area contributed by atoms with Crippen LogP contribution in [0.3, 0.4) is 0 Å². The van der Waals surface area contributed by atoms with Crippen LogP contribution in [-0.2, 0) is 23.7 Å². The molecule has 0 amide bonds. The van der Waals surface area contributed by atoms with Gasteiger partial charge < -0.3 is 23.7 Å². The van der Waals surface area contributed by atoms with Gasteiger partial charge in [-0.2, -0.15) is 0 Å². The summed E-state index contributed by atoms with van der Waals surface area (Å²) in [6.45, 7) is 6.66. The van der Waals surface area contributed by atoms with Crippen LogP contribution in [0.1, 0.15) is 77.0 Å². The molecule has 0 bridgehead atoms. The molecule has 5 nitrogen and oxygen atoms in total. The van der Waals surface area contributed by atoms with Crippen molar-refractivity contribution in [3.63, 3.8) is 0 Å². The molecule has 0 aromatic rings. The van der Waals surface area contributed by atoms with E-state index in [2.05, 4.69) is 13.1 Å². The third-order valence-electron chi connectivity index (χ3n) is 6.84. The SMILES string of the molecule is C[SiH](C)C(CCCl)C(CCCCCCCCCCCC(OCCCl)(OCCCl)OCCCl)(OCCCl)OCCCl. The molecule has 242 valence electrons. The molecular formula is C28H54Cl6O5Si. The number of hydrogen-bond acceptors (Lipinski definition) is 5. The maximum Gasteiger partial charge on any atom is 0.282 e. The molecule has 0 aromatic carbocycles. The second kappa shape index (κ2) is 28.2. The topological polar surface area (TPSA) is 46.2 Å². The van der Waals surface area contributed by atoms with Crippen LogP contribution in [0.5, 0.6) is 0 Å². The van der Waals surface area contributed by atoms with E-state index in [0.29, 0.717) is 80.3 Å². The summed E-state index contributed by atoms with van der Waals surface area (Å²) in [5.41, 5.74) is 0.330. The fraction of sp³-hybridized carbons (Fsp3) is 1.00. The maximum atomic E-state index is 6.35. The summed E-state index contributed by atoms with van der Waals surface area (Å²) in [5, 5.41) is 0. The smallest absolute Gasteiger partial charge is 0.282 e. The predicted molar refractivity (Wildman–Crippen MR) is 178 cm³/mol. The first kappa shape index (κ1) is 41.8. The number of rotatable bonds is 31. The Morgan fingerprint density at radius 2 is 0.825 bits per heavy atom. The lowest BCUT2D eigenvalue weighted by atomic mass is 10.00. The largest absolute Gasteiger partial charge is 0.349 e. The summed E-state index contributed by atoms with van der Waals surface area (Å²) in [4.78, 5) is 0. The van der Waals surface area contributed by atoms with Gasteiger partial charge in [-0.15, -0.1) is 69.6 Å². The zero-order valence-electron chi connectivity index (χ0n) is 24.7. The van der Waals surface area contributed by atoms with Crippen molar-refractivity contribution in [3.8, 4) is 0 Å². The van der Waals surface area contributed by atoms with Gasteiger partial charge in [-0.05, 0) is 19.3 Å². The second-order valence-corrected chi connectivity index (χ2v) is 15.8. The normalized spacial score (nSPS) is 13.4. The average Bonchev–Trinajstić information content (AvgIpc) is 2.96. The van der Waals surface area contributed by atoms with E-state index >= 15 is 0 Å². The first-order valence-corrected chi connectivity index (χ1v) is 21.1. The van der Waals surface area contributed by atoms with Gasteiger partial charge >= 0.3 is 0 Å². The highest BCUT2D eigenvalue weighted by Gasteiger charge is 2.42. The van der Waals surface area contributed by atoms with Gasteiger partial charge in [0, 0.05) is 62.5 Å². The summed E-state index contributed by atoms with van der Waals surface area (Å²) >= 11 is 35.7. The highest BCUT2D eigenvalue weighted by atomic mass is 35.5. The van der Waals surface area contributed by atoms with Crippen molar-refractivity contribution in [2.45, 2.75) is 107 Å². The van der Waals surface area contributed by atoms with Crippen molar-refractivity contribution < 1.29 is 23.7 Å². The van der Waals surface area contributed by atoms with Gasteiger partial charge in [-0.25, -0.2) is 0 Å². The first-order valence-electron chi connectivity index (χ1n) is 15.0. The molecule has 0 spiro atoms. The lowest BCUT2D eigenvalue weighted by Gasteiger charge is -2.42. The molecule has 0 aliphatic rings. The van der Waals surface area contributed by atoms with Crippen molar-refractivity contribution in [1.29, 1.82) is 0 Å². The monoisotopic (exact) mass is 708 g/mol. The lowest BCUT2D eigenvalue weighted by molar-refractivity contribution is -0.379. The molecule has 0 rings (SSSR count). The van der Waals surface area contributed by atoms with E-state index in [0.717, 1.165) is 44.9 Å². The van der Waals surface area contributed by atoms with Crippen LogP contribution in [0.15, 0.2) is 0 Å². The van der Waals surface area contributed by atoms with Gasteiger partial charge in [-0.1, -0.05) is 58.0 Å². The minimum Gasteiger partial charge on any atom is -0.349 e. The summed E-state index contributed by atoms with van der Waals surface area (Å²) in [5.74, 6) is 0.860. The fourth-order valence-electron chi connectivity index (χ4n) is 5.06. The van der Waals surface area contributed by atoms with Gasteiger partial charge in [0.2, 0.25) is 0 Å². The highest BCUT2D eigenvalue weighted by Crippen LogP contribution is 2.39. The van der Waals surface area contributed by atoms with Crippen molar-refractivity contribution in [2.75, 3.05) is 68.3 Å². The summed E-state index contributed by atoms with van der Waals surface area (Å²) in [6, 6.07) is 0. The molecule has 0 aromatic heterocycles. The standard InChI is InChI=1S/C28H54Cl6O5Si/c1-40(2)26(12-15-29)27(35-21-16-30,36-22-17-31)13-10-8-6-4-3-5-7-9-11-14-28(37-23-18-32,38-24-19-33)39-25-20-34/h26,40H,3-25H2,1-2H3. The van der Waals surface area contributed by atoms with Crippen LogP contribution < -0.4 is 0 Å². The Labute approximate surface area is 276 Å². The molecule has 0 aliphatic carbocycles. The van der Waals surface area contributed by atoms with Crippen LogP contribution in [0, 0.1) is 0 Å². The van der Waals surface area contributed by atoms with Crippen LogP contribution in [0.2, 0.25) is 18.6 Å². The molecule has 1 unspecified atom stereocenters. The van der Waals surface area contributed by atoms with Crippen molar-refractivity contribution in [2.24, 2.45) is 0 Å². The molecule has 1 atom stereocenters. The molecule has 0 heterocycles. The van der Waals surface area contributed by atoms with Crippen molar-refractivity contribution in [3.05, 3.63) is 0 Å². The van der Waals surface area contributed by atoms with Crippen LogP contribution in [0.4, 0.5) is 0 Å². The van der Waals surface area contributed by atoms with Gasteiger partial charge in [0.15, 0.2) is 5.79 Å². The quantitative estimate of drug-likeness (QED) is 0.0311. The Bertz CT molecular complexity index is 524. The third kappa shape index (κ3) is 19.2. The Kier molecular flexibility index (Phi) is 29.5. The van der Waals surface area contributed by atoms with Crippen LogP contribution in [-0.4, -0.2) is 88.9 Å². The maximum absolute atomic E-state index is 6.35. The second-order valence-electron chi connectivity index (χ2n) is 10.2.